The Hall–Kier alpha value is -3.59. The predicted octanol–water partition coefficient (Wildman–Crippen LogP) is 4.01. The van der Waals surface area contributed by atoms with E-state index in [2.05, 4.69) is 15.1 Å². The summed E-state index contributed by atoms with van der Waals surface area (Å²) in [5, 5.41) is 4.93. The van der Waals surface area contributed by atoms with Crippen LogP contribution in [-0.2, 0) is 13.1 Å². The molecule has 8 nitrogen and oxygen atoms in total. The second-order valence-electron chi connectivity index (χ2n) is 7.09. The van der Waals surface area contributed by atoms with E-state index in [1.165, 1.54) is 12.1 Å². The number of hydrogen-bond acceptors (Lipinski definition) is 7. The van der Waals surface area contributed by atoms with Crippen LogP contribution in [0.3, 0.4) is 0 Å². The fraction of sp³-hybridized carbons (Fsp3) is 0.273. The first-order valence-corrected chi connectivity index (χ1v) is 9.60. The normalized spacial score (nSPS) is 11.3. The van der Waals surface area contributed by atoms with Gasteiger partial charge in [-0.15, -0.1) is 0 Å². The van der Waals surface area contributed by atoms with Crippen molar-refractivity contribution in [2.45, 2.75) is 13.1 Å². The van der Waals surface area contributed by atoms with Crippen LogP contribution in [0.1, 0.15) is 11.6 Å². The summed E-state index contributed by atoms with van der Waals surface area (Å²) in [6, 6.07) is 10.2. The Morgan fingerprint density at radius 3 is 2.55 bits per heavy atom. The SMILES string of the molecule is COc1ccc(-c2noc(CN(C)Cc3cc4cc(F)ccc4[nH]3)n2)c(OC)c1OC. The number of rotatable bonds is 8. The third kappa shape index (κ3) is 4.17. The highest BCUT2D eigenvalue weighted by Gasteiger charge is 2.21. The Morgan fingerprint density at radius 2 is 1.81 bits per heavy atom. The molecule has 0 radical (unpaired) electrons. The van der Waals surface area contributed by atoms with Crippen molar-refractivity contribution >= 4 is 10.9 Å². The number of fused-ring (bicyclic) bond motifs is 1. The molecule has 0 unspecified atom stereocenters. The summed E-state index contributed by atoms with van der Waals surface area (Å²) in [5.74, 6) is 2.06. The third-order valence-electron chi connectivity index (χ3n) is 4.90. The van der Waals surface area contributed by atoms with E-state index in [9.17, 15) is 4.39 Å². The van der Waals surface area contributed by atoms with Crippen molar-refractivity contribution in [2.24, 2.45) is 0 Å². The number of aromatic nitrogens is 3. The van der Waals surface area contributed by atoms with Gasteiger partial charge in [0.25, 0.3) is 0 Å². The van der Waals surface area contributed by atoms with Crippen molar-refractivity contribution in [1.82, 2.24) is 20.0 Å². The average molecular weight is 426 g/mol. The molecule has 0 saturated carbocycles. The van der Waals surface area contributed by atoms with Crippen LogP contribution in [-0.4, -0.2) is 48.4 Å². The van der Waals surface area contributed by atoms with Gasteiger partial charge in [0.1, 0.15) is 5.82 Å². The van der Waals surface area contributed by atoms with Crippen LogP contribution in [0.15, 0.2) is 40.9 Å². The highest BCUT2D eigenvalue weighted by Crippen LogP contribution is 2.43. The standard InChI is InChI=1S/C22H23FN4O4/c1-27(11-15-10-13-9-14(23)5-7-17(13)24-15)12-19-25-22(26-31-19)16-6-8-18(28-2)21(30-4)20(16)29-3/h5-10,24H,11-12H2,1-4H3. The molecule has 0 bridgehead atoms. The van der Waals surface area contributed by atoms with Gasteiger partial charge in [0, 0.05) is 23.1 Å². The van der Waals surface area contributed by atoms with Gasteiger partial charge in [0.15, 0.2) is 11.5 Å². The molecule has 0 fully saturated rings. The third-order valence-corrected chi connectivity index (χ3v) is 4.90. The molecule has 4 aromatic rings. The van der Waals surface area contributed by atoms with Crippen LogP contribution in [0.5, 0.6) is 17.2 Å². The van der Waals surface area contributed by atoms with E-state index in [1.807, 2.05) is 18.0 Å². The van der Waals surface area contributed by atoms with Crippen molar-refractivity contribution in [3.63, 3.8) is 0 Å². The minimum Gasteiger partial charge on any atom is -0.493 e. The van der Waals surface area contributed by atoms with E-state index in [-0.39, 0.29) is 5.82 Å². The molecule has 0 atom stereocenters. The Bertz CT molecular complexity index is 1200. The minimum atomic E-state index is -0.254. The maximum atomic E-state index is 13.4. The van der Waals surface area contributed by atoms with Crippen molar-refractivity contribution in [3.05, 3.63) is 53.8 Å². The zero-order valence-corrected chi connectivity index (χ0v) is 17.7. The van der Waals surface area contributed by atoms with Gasteiger partial charge in [0.05, 0.1) is 33.4 Å². The topological polar surface area (TPSA) is 85.6 Å². The number of hydrogen-bond donors (Lipinski definition) is 1. The lowest BCUT2D eigenvalue weighted by Gasteiger charge is -2.14. The Kier molecular flexibility index (Phi) is 5.77. The molecule has 9 heteroatoms. The lowest BCUT2D eigenvalue weighted by atomic mass is 10.1. The highest BCUT2D eigenvalue weighted by atomic mass is 19.1. The summed E-state index contributed by atoms with van der Waals surface area (Å²) < 4.78 is 35.1. The number of halogens is 1. The Balaban J connectivity index is 1.51. The van der Waals surface area contributed by atoms with E-state index < -0.39 is 0 Å². The van der Waals surface area contributed by atoms with Gasteiger partial charge in [-0.3, -0.25) is 4.90 Å². The quantitative estimate of drug-likeness (QED) is 0.456. The first-order valence-electron chi connectivity index (χ1n) is 9.60. The summed E-state index contributed by atoms with van der Waals surface area (Å²) >= 11 is 0. The molecule has 4 rings (SSSR count). The monoisotopic (exact) mass is 426 g/mol. The molecule has 162 valence electrons. The van der Waals surface area contributed by atoms with Crippen LogP contribution in [0.4, 0.5) is 4.39 Å². The second kappa shape index (κ2) is 8.65. The molecular formula is C22H23FN4O4. The van der Waals surface area contributed by atoms with Gasteiger partial charge >= 0.3 is 0 Å². The molecular weight excluding hydrogens is 403 g/mol. The van der Waals surface area contributed by atoms with Gasteiger partial charge in [-0.1, -0.05) is 5.16 Å². The van der Waals surface area contributed by atoms with Crippen molar-refractivity contribution < 1.29 is 23.1 Å². The summed E-state index contributed by atoms with van der Waals surface area (Å²) in [5.41, 5.74) is 2.49. The predicted molar refractivity (Wildman–Crippen MR) is 113 cm³/mol. The number of nitrogens with one attached hydrogen (secondary N) is 1. The van der Waals surface area contributed by atoms with Crippen molar-refractivity contribution in [2.75, 3.05) is 28.4 Å². The number of methoxy groups -OCH3 is 3. The summed E-state index contributed by atoms with van der Waals surface area (Å²) in [4.78, 5) is 9.81. The van der Waals surface area contributed by atoms with Crippen LogP contribution in [0, 0.1) is 5.82 Å². The summed E-state index contributed by atoms with van der Waals surface area (Å²) in [6.07, 6.45) is 0. The summed E-state index contributed by atoms with van der Waals surface area (Å²) in [6.45, 7) is 1.04. The van der Waals surface area contributed by atoms with Gasteiger partial charge in [-0.05, 0) is 43.4 Å². The lowest BCUT2D eigenvalue weighted by Crippen LogP contribution is -2.17. The summed E-state index contributed by atoms with van der Waals surface area (Å²) in [7, 11) is 6.58. The smallest absolute Gasteiger partial charge is 0.241 e. The fourth-order valence-corrected chi connectivity index (χ4v) is 3.53. The number of ether oxygens (including phenoxy) is 3. The second-order valence-corrected chi connectivity index (χ2v) is 7.09. The van der Waals surface area contributed by atoms with E-state index >= 15 is 0 Å². The molecule has 0 spiro atoms. The molecule has 0 saturated heterocycles. The van der Waals surface area contributed by atoms with E-state index in [0.29, 0.717) is 47.6 Å². The minimum absolute atomic E-state index is 0.254. The molecule has 31 heavy (non-hydrogen) atoms. The maximum absolute atomic E-state index is 13.4. The van der Waals surface area contributed by atoms with Crippen LogP contribution < -0.4 is 14.2 Å². The Morgan fingerprint density at radius 1 is 1.00 bits per heavy atom. The average Bonchev–Trinajstić information content (AvgIpc) is 3.38. The zero-order valence-electron chi connectivity index (χ0n) is 17.7. The number of H-pyrrole nitrogens is 1. The molecule has 0 amide bonds. The van der Waals surface area contributed by atoms with E-state index in [1.54, 1.807) is 39.5 Å². The largest absolute Gasteiger partial charge is 0.493 e. The number of benzene rings is 2. The zero-order chi connectivity index (χ0) is 22.0. The number of aromatic amines is 1. The molecule has 0 aliphatic heterocycles. The Labute approximate surface area is 178 Å². The van der Waals surface area contributed by atoms with E-state index in [0.717, 1.165) is 16.6 Å². The van der Waals surface area contributed by atoms with Crippen molar-refractivity contribution in [1.29, 1.82) is 0 Å². The van der Waals surface area contributed by atoms with Crippen LogP contribution in [0.2, 0.25) is 0 Å². The van der Waals surface area contributed by atoms with Gasteiger partial charge in [0.2, 0.25) is 17.5 Å². The molecule has 2 aromatic carbocycles. The maximum Gasteiger partial charge on any atom is 0.241 e. The van der Waals surface area contributed by atoms with E-state index in [4.69, 9.17) is 18.7 Å². The van der Waals surface area contributed by atoms with Gasteiger partial charge in [-0.2, -0.15) is 4.98 Å². The molecule has 1 N–H and O–H groups in total. The molecule has 0 aliphatic carbocycles. The first kappa shape index (κ1) is 20.7. The van der Waals surface area contributed by atoms with Crippen molar-refractivity contribution in [3.8, 4) is 28.6 Å². The molecule has 2 heterocycles. The lowest BCUT2D eigenvalue weighted by molar-refractivity contribution is 0.259. The highest BCUT2D eigenvalue weighted by molar-refractivity contribution is 5.80. The van der Waals surface area contributed by atoms with Gasteiger partial charge < -0.3 is 23.7 Å². The first-order chi connectivity index (χ1) is 15.0. The van der Waals surface area contributed by atoms with Crippen LogP contribution >= 0.6 is 0 Å². The molecule has 0 aliphatic rings. The number of nitrogens with zero attached hydrogens (tertiary/aromatic N) is 3. The van der Waals surface area contributed by atoms with Crippen LogP contribution in [0.25, 0.3) is 22.3 Å². The van der Waals surface area contributed by atoms with Gasteiger partial charge in [-0.25, -0.2) is 4.39 Å². The fourth-order valence-electron chi connectivity index (χ4n) is 3.53. The molecule has 2 aromatic heterocycles.